The maximum Gasteiger partial charge on any atom is 0.125 e. The third-order valence-corrected chi connectivity index (χ3v) is 2.74. The lowest BCUT2D eigenvalue weighted by Crippen LogP contribution is -2.02. The van der Waals surface area contributed by atoms with Gasteiger partial charge < -0.3 is 4.74 Å². The van der Waals surface area contributed by atoms with Gasteiger partial charge in [-0.25, -0.2) is 0 Å². The summed E-state index contributed by atoms with van der Waals surface area (Å²) in [5.74, 6) is 1.58. The standard InChI is InChI=1S/C13H21NO/c1-4-6-11(7-5-2)12-10-14-9-8-13(12)15-3/h8-11H,4-7H2,1-3H3. The molecule has 0 aliphatic rings. The maximum atomic E-state index is 5.38. The zero-order valence-corrected chi connectivity index (χ0v) is 9.99. The Bertz CT molecular complexity index is 280. The van der Waals surface area contributed by atoms with Gasteiger partial charge in [-0.15, -0.1) is 0 Å². The summed E-state index contributed by atoms with van der Waals surface area (Å²) in [6.07, 6.45) is 8.60. The number of hydrogen-bond donors (Lipinski definition) is 0. The van der Waals surface area contributed by atoms with Gasteiger partial charge in [0, 0.05) is 18.0 Å². The SMILES string of the molecule is CCCC(CCC)c1cnccc1OC. The molecule has 0 saturated heterocycles. The van der Waals surface area contributed by atoms with E-state index in [1.807, 2.05) is 12.3 Å². The Morgan fingerprint density at radius 1 is 1.27 bits per heavy atom. The van der Waals surface area contributed by atoms with Gasteiger partial charge >= 0.3 is 0 Å². The topological polar surface area (TPSA) is 22.1 Å². The fourth-order valence-corrected chi connectivity index (χ4v) is 2.04. The second-order valence-corrected chi connectivity index (χ2v) is 3.89. The fraction of sp³-hybridized carbons (Fsp3) is 0.615. The van der Waals surface area contributed by atoms with Crippen LogP contribution in [0.2, 0.25) is 0 Å². The minimum absolute atomic E-state index is 0.601. The van der Waals surface area contributed by atoms with Crippen LogP contribution >= 0.6 is 0 Å². The molecule has 15 heavy (non-hydrogen) atoms. The van der Waals surface area contributed by atoms with Gasteiger partial charge in [0.15, 0.2) is 0 Å². The van der Waals surface area contributed by atoms with Gasteiger partial charge in [-0.3, -0.25) is 4.98 Å². The van der Waals surface area contributed by atoms with E-state index in [-0.39, 0.29) is 0 Å². The van der Waals surface area contributed by atoms with E-state index >= 15 is 0 Å². The molecular weight excluding hydrogens is 186 g/mol. The Labute approximate surface area is 92.7 Å². The Kier molecular flexibility index (Phi) is 5.16. The summed E-state index contributed by atoms with van der Waals surface area (Å²) < 4.78 is 5.38. The van der Waals surface area contributed by atoms with E-state index in [9.17, 15) is 0 Å². The van der Waals surface area contributed by atoms with Crippen molar-refractivity contribution in [3.05, 3.63) is 24.0 Å². The molecule has 0 bridgehead atoms. The molecule has 0 radical (unpaired) electrons. The van der Waals surface area contributed by atoms with Gasteiger partial charge in [-0.2, -0.15) is 0 Å². The summed E-state index contributed by atoms with van der Waals surface area (Å²) in [6, 6.07) is 1.95. The zero-order chi connectivity index (χ0) is 11.1. The predicted octanol–water partition coefficient (Wildman–Crippen LogP) is 3.77. The highest BCUT2D eigenvalue weighted by molar-refractivity contribution is 5.33. The second kappa shape index (κ2) is 6.44. The summed E-state index contributed by atoms with van der Waals surface area (Å²) in [5, 5.41) is 0. The van der Waals surface area contributed by atoms with E-state index in [2.05, 4.69) is 18.8 Å². The molecule has 0 saturated carbocycles. The smallest absolute Gasteiger partial charge is 0.125 e. The van der Waals surface area contributed by atoms with Gasteiger partial charge in [0.25, 0.3) is 0 Å². The van der Waals surface area contributed by atoms with Crippen molar-refractivity contribution >= 4 is 0 Å². The lowest BCUT2D eigenvalue weighted by atomic mass is 9.91. The van der Waals surface area contributed by atoms with E-state index in [4.69, 9.17) is 4.74 Å². The van der Waals surface area contributed by atoms with Crippen molar-refractivity contribution in [2.75, 3.05) is 7.11 Å². The van der Waals surface area contributed by atoms with Crippen LogP contribution in [-0.2, 0) is 0 Å². The largest absolute Gasteiger partial charge is 0.496 e. The number of pyridine rings is 1. The van der Waals surface area contributed by atoms with E-state index < -0.39 is 0 Å². The van der Waals surface area contributed by atoms with Crippen molar-refractivity contribution in [2.45, 2.75) is 45.4 Å². The van der Waals surface area contributed by atoms with Crippen LogP contribution in [0, 0.1) is 0 Å². The first-order valence-electron chi connectivity index (χ1n) is 5.81. The number of rotatable bonds is 6. The number of aromatic nitrogens is 1. The highest BCUT2D eigenvalue weighted by atomic mass is 16.5. The molecule has 2 heteroatoms. The molecule has 0 N–H and O–H groups in total. The molecule has 1 aromatic rings. The molecule has 2 nitrogen and oxygen atoms in total. The highest BCUT2D eigenvalue weighted by Crippen LogP contribution is 2.32. The van der Waals surface area contributed by atoms with Crippen LogP contribution in [0.25, 0.3) is 0 Å². The molecule has 0 atom stereocenters. The second-order valence-electron chi connectivity index (χ2n) is 3.89. The van der Waals surface area contributed by atoms with Gasteiger partial charge in [-0.05, 0) is 24.8 Å². The molecule has 0 spiro atoms. The maximum absolute atomic E-state index is 5.38. The van der Waals surface area contributed by atoms with Crippen LogP contribution in [-0.4, -0.2) is 12.1 Å². The Morgan fingerprint density at radius 2 is 1.93 bits per heavy atom. The average molecular weight is 207 g/mol. The van der Waals surface area contributed by atoms with Crippen LogP contribution in [0.4, 0.5) is 0 Å². The molecular formula is C13H21NO. The first kappa shape index (κ1) is 12.0. The molecule has 0 aliphatic heterocycles. The van der Waals surface area contributed by atoms with E-state index in [0.717, 1.165) is 5.75 Å². The van der Waals surface area contributed by atoms with Crippen molar-refractivity contribution < 1.29 is 4.74 Å². The molecule has 1 aromatic heterocycles. The molecule has 0 aromatic carbocycles. The molecule has 0 unspecified atom stereocenters. The van der Waals surface area contributed by atoms with Crippen LogP contribution < -0.4 is 4.74 Å². The van der Waals surface area contributed by atoms with Crippen LogP contribution in [0.15, 0.2) is 18.5 Å². The van der Waals surface area contributed by atoms with Crippen LogP contribution in [0.3, 0.4) is 0 Å². The van der Waals surface area contributed by atoms with E-state index in [1.165, 1.54) is 31.2 Å². The molecule has 0 amide bonds. The minimum Gasteiger partial charge on any atom is -0.496 e. The first-order valence-corrected chi connectivity index (χ1v) is 5.81. The summed E-state index contributed by atoms with van der Waals surface area (Å²) in [6.45, 7) is 4.46. The molecule has 1 heterocycles. The van der Waals surface area contributed by atoms with E-state index in [0.29, 0.717) is 5.92 Å². The van der Waals surface area contributed by atoms with Crippen LogP contribution in [0.5, 0.6) is 5.75 Å². The summed E-state index contributed by atoms with van der Waals surface area (Å²) >= 11 is 0. The number of hydrogen-bond acceptors (Lipinski definition) is 2. The Hall–Kier alpha value is -1.05. The van der Waals surface area contributed by atoms with Gasteiger partial charge in [-0.1, -0.05) is 26.7 Å². The third kappa shape index (κ3) is 3.22. The molecule has 0 fully saturated rings. The normalized spacial score (nSPS) is 10.7. The number of ether oxygens (including phenoxy) is 1. The molecule has 0 aliphatic carbocycles. The van der Waals surface area contributed by atoms with E-state index in [1.54, 1.807) is 13.3 Å². The molecule has 1 rings (SSSR count). The van der Waals surface area contributed by atoms with Gasteiger partial charge in [0.1, 0.15) is 5.75 Å². The quantitative estimate of drug-likeness (QED) is 0.708. The van der Waals surface area contributed by atoms with Gasteiger partial charge in [0.2, 0.25) is 0 Å². The van der Waals surface area contributed by atoms with Crippen LogP contribution in [0.1, 0.15) is 51.0 Å². The Balaban J connectivity index is 2.88. The average Bonchev–Trinajstić information content (AvgIpc) is 2.29. The number of nitrogens with zero attached hydrogens (tertiary/aromatic N) is 1. The first-order chi connectivity index (χ1) is 7.33. The summed E-state index contributed by atoms with van der Waals surface area (Å²) in [4.78, 5) is 4.20. The zero-order valence-electron chi connectivity index (χ0n) is 9.99. The van der Waals surface area contributed by atoms with Gasteiger partial charge in [0.05, 0.1) is 7.11 Å². The summed E-state index contributed by atoms with van der Waals surface area (Å²) in [7, 11) is 1.73. The minimum atomic E-state index is 0.601. The van der Waals surface area contributed by atoms with Crippen molar-refractivity contribution in [3.8, 4) is 5.75 Å². The summed E-state index contributed by atoms with van der Waals surface area (Å²) in [5.41, 5.74) is 1.27. The van der Waals surface area contributed by atoms with Crippen molar-refractivity contribution in [1.29, 1.82) is 0 Å². The predicted molar refractivity (Wildman–Crippen MR) is 63.3 cm³/mol. The molecule has 84 valence electrons. The fourth-order valence-electron chi connectivity index (χ4n) is 2.04. The third-order valence-electron chi connectivity index (χ3n) is 2.74. The Morgan fingerprint density at radius 3 is 2.47 bits per heavy atom. The van der Waals surface area contributed by atoms with Crippen molar-refractivity contribution in [1.82, 2.24) is 4.98 Å². The van der Waals surface area contributed by atoms with Crippen molar-refractivity contribution in [3.63, 3.8) is 0 Å². The number of methoxy groups -OCH3 is 1. The highest BCUT2D eigenvalue weighted by Gasteiger charge is 2.14. The lowest BCUT2D eigenvalue weighted by molar-refractivity contribution is 0.400. The lowest BCUT2D eigenvalue weighted by Gasteiger charge is -2.17. The monoisotopic (exact) mass is 207 g/mol. The van der Waals surface area contributed by atoms with Crippen molar-refractivity contribution in [2.24, 2.45) is 0 Å².